The summed E-state index contributed by atoms with van der Waals surface area (Å²) < 4.78 is 0. The Morgan fingerprint density at radius 1 is 1.14 bits per heavy atom. The Hall–Kier alpha value is -3.08. The first kappa shape index (κ1) is 13.9. The minimum atomic E-state index is -1.04. The van der Waals surface area contributed by atoms with Crippen molar-refractivity contribution in [3.8, 4) is 0 Å². The summed E-state index contributed by atoms with van der Waals surface area (Å²) in [5.74, 6) is -0.722. The summed E-state index contributed by atoms with van der Waals surface area (Å²) in [4.78, 5) is 15.9. The summed E-state index contributed by atoms with van der Waals surface area (Å²) >= 11 is 0. The Kier molecular flexibility index (Phi) is 3.39. The second kappa shape index (κ2) is 5.37. The number of carboxylic acid groups (broad SMARTS) is 1. The lowest BCUT2D eigenvalue weighted by molar-refractivity contribution is 0.0698. The summed E-state index contributed by atoms with van der Waals surface area (Å²) in [6.07, 6.45) is 0. The van der Waals surface area contributed by atoms with Crippen LogP contribution in [0.25, 0.3) is 10.9 Å². The van der Waals surface area contributed by atoms with Gasteiger partial charge in [-0.25, -0.2) is 9.78 Å². The highest BCUT2D eigenvalue weighted by molar-refractivity contribution is 5.99. The third-order valence-corrected chi connectivity index (χ3v) is 3.38. The summed E-state index contributed by atoms with van der Waals surface area (Å²) in [7, 11) is 0. The molecule has 110 valence electrons. The molecule has 0 amide bonds. The fraction of sp³-hybridized carbons (Fsp3) is 0.0588. The van der Waals surface area contributed by atoms with Crippen molar-refractivity contribution in [2.75, 3.05) is 11.1 Å². The molecule has 2 aromatic carbocycles. The number of nitrogens with two attached hydrogens (primary N) is 1. The van der Waals surface area contributed by atoms with Crippen LogP contribution in [0, 0.1) is 6.92 Å². The number of carboxylic acids is 1. The van der Waals surface area contributed by atoms with Gasteiger partial charge in [0.25, 0.3) is 0 Å². The normalized spacial score (nSPS) is 10.6. The van der Waals surface area contributed by atoms with Gasteiger partial charge in [-0.3, -0.25) is 0 Å². The fourth-order valence-corrected chi connectivity index (χ4v) is 2.23. The second-order valence-electron chi connectivity index (χ2n) is 5.13. The van der Waals surface area contributed by atoms with Crippen LogP contribution in [-0.2, 0) is 0 Å². The SMILES string of the molecule is Cc1ccc(Nc2nc3ccc(N)cc3cc2C(=O)O)cc1. The molecule has 0 saturated heterocycles. The van der Waals surface area contributed by atoms with Crippen molar-refractivity contribution in [1.29, 1.82) is 0 Å². The topological polar surface area (TPSA) is 88.2 Å². The van der Waals surface area contributed by atoms with E-state index in [0.29, 0.717) is 22.4 Å². The smallest absolute Gasteiger partial charge is 0.339 e. The maximum Gasteiger partial charge on any atom is 0.339 e. The zero-order valence-corrected chi connectivity index (χ0v) is 12.0. The molecule has 0 aliphatic carbocycles. The molecule has 22 heavy (non-hydrogen) atoms. The molecule has 0 fully saturated rings. The Labute approximate surface area is 127 Å². The van der Waals surface area contributed by atoms with Gasteiger partial charge in [0, 0.05) is 16.8 Å². The largest absolute Gasteiger partial charge is 0.478 e. The number of carbonyl (C=O) groups is 1. The molecule has 3 aromatic rings. The number of aromatic carboxylic acids is 1. The monoisotopic (exact) mass is 293 g/mol. The number of pyridine rings is 1. The number of nitrogens with one attached hydrogen (secondary N) is 1. The summed E-state index contributed by atoms with van der Waals surface area (Å²) in [5.41, 5.74) is 9.03. The average molecular weight is 293 g/mol. The summed E-state index contributed by atoms with van der Waals surface area (Å²) in [6, 6.07) is 14.5. The first-order valence-electron chi connectivity index (χ1n) is 6.80. The predicted octanol–water partition coefficient (Wildman–Crippen LogP) is 3.57. The van der Waals surface area contributed by atoms with Gasteiger partial charge >= 0.3 is 5.97 Å². The Morgan fingerprint density at radius 2 is 1.86 bits per heavy atom. The number of hydrogen-bond acceptors (Lipinski definition) is 4. The first-order valence-corrected chi connectivity index (χ1v) is 6.80. The van der Waals surface area contributed by atoms with Crippen LogP contribution in [-0.4, -0.2) is 16.1 Å². The number of anilines is 3. The molecule has 0 aliphatic heterocycles. The van der Waals surface area contributed by atoms with Crippen LogP contribution in [0.15, 0.2) is 48.5 Å². The summed E-state index contributed by atoms with van der Waals surface area (Å²) in [5, 5.41) is 13.2. The van der Waals surface area contributed by atoms with Crippen molar-refractivity contribution in [2.45, 2.75) is 6.92 Å². The number of aromatic nitrogens is 1. The molecule has 4 N–H and O–H groups in total. The van der Waals surface area contributed by atoms with Gasteiger partial charge in [-0.1, -0.05) is 17.7 Å². The van der Waals surface area contributed by atoms with E-state index in [9.17, 15) is 9.90 Å². The van der Waals surface area contributed by atoms with Crippen LogP contribution < -0.4 is 11.1 Å². The minimum absolute atomic E-state index is 0.110. The maximum absolute atomic E-state index is 11.5. The maximum atomic E-state index is 11.5. The van der Waals surface area contributed by atoms with Gasteiger partial charge in [0.15, 0.2) is 0 Å². The van der Waals surface area contributed by atoms with E-state index >= 15 is 0 Å². The lowest BCUT2D eigenvalue weighted by atomic mass is 10.1. The molecular formula is C17H15N3O2. The molecular weight excluding hydrogens is 278 g/mol. The zero-order chi connectivity index (χ0) is 15.7. The van der Waals surface area contributed by atoms with Crippen LogP contribution in [0.3, 0.4) is 0 Å². The molecule has 5 nitrogen and oxygen atoms in total. The van der Waals surface area contributed by atoms with Crippen LogP contribution >= 0.6 is 0 Å². The number of hydrogen-bond donors (Lipinski definition) is 3. The lowest BCUT2D eigenvalue weighted by Crippen LogP contribution is -2.05. The average Bonchev–Trinajstić information content (AvgIpc) is 2.49. The van der Waals surface area contributed by atoms with Crippen molar-refractivity contribution >= 4 is 34.1 Å². The summed E-state index contributed by atoms with van der Waals surface area (Å²) in [6.45, 7) is 1.99. The Bertz CT molecular complexity index is 858. The highest BCUT2D eigenvalue weighted by atomic mass is 16.4. The Balaban J connectivity index is 2.10. The fourth-order valence-electron chi connectivity index (χ4n) is 2.23. The van der Waals surface area contributed by atoms with Gasteiger partial charge < -0.3 is 16.2 Å². The van der Waals surface area contributed by atoms with Crippen LogP contribution in [0.2, 0.25) is 0 Å². The number of aryl methyl sites for hydroxylation is 1. The molecule has 0 bridgehead atoms. The van der Waals surface area contributed by atoms with E-state index in [-0.39, 0.29) is 5.56 Å². The molecule has 1 aromatic heterocycles. The molecule has 0 atom stereocenters. The van der Waals surface area contributed by atoms with Gasteiger partial charge in [0.2, 0.25) is 0 Å². The van der Waals surface area contributed by atoms with Crippen molar-refractivity contribution in [1.82, 2.24) is 4.98 Å². The van der Waals surface area contributed by atoms with Crippen molar-refractivity contribution in [3.05, 3.63) is 59.7 Å². The molecule has 5 heteroatoms. The number of rotatable bonds is 3. The quantitative estimate of drug-likeness (QED) is 0.642. The predicted molar refractivity (Wildman–Crippen MR) is 87.6 cm³/mol. The van der Waals surface area contributed by atoms with Crippen molar-refractivity contribution in [3.63, 3.8) is 0 Å². The molecule has 0 unspecified atom stereocenters. The standard InChI is InChI=1S/C17H15N3O2/c1-10-2-5-13(6-3-10)19-16-14(17(21)22)9-11-8-12(18)4-7-15(11)20-16/h2-9H,18H2,1H3,(H,19,20)(H,21,22). The molecule has 0 saturated carbocycles. The van der Waals surface area contributed by atoms with E-state index < -0.39 is 5.97 Å². The van der Waals surface area contributed by atoms with Crippen LogP contribution in [0.4, 0.5) is 17.2 Å². The molecule has 0 radical (unpaired) electrons. The van der Waals surface area contributed by atoms with Gasteiger partial charge in [-0.2, -0.15) is 0 Å². The third kappa shape index (κ3) is 2.69. The van der Waals surface area contributed by atoms with E-state index in [1.165, 1.54) is 0 Å². The third-order valence-electron chi connectivity index (χ3n) is 3.38. The molecule has 3 rings (SSSR count). The van der Waals surface area contributed by atoms with Gasteiger partial charge in [-0.15, -0.1) is 0 Å². The zero-order valence-electron chi connectivity index (χ0n) is 12.0. The van der Waals surface area contributed by atoms with Crippen LogP contribution in [0.1, 0.15) is 15.9 Å². The second-order valence-corrected chi connectivity index (χ2v) is 5.13. The van der Waals surface area contributed by atoms with E-state index in [0.717, 1.165) is 11.3 Å². The molecule has 1 heterocycles. The van der Waals surface area contributed by atoms with E-state index in [1.807, 2.05) is 31.2 Å². The first-order chi connectivity index (χ1) is 10.5. The van der Waals surface area contributed by atoms with Gasteiger partial charge in [0.05, 0.1) is 5.52 Å². The number of benzene rings is 2. The van der Waals surface area contributed by atoms with E-state index in [2.05, 4.69) is 10.3 Å². The molecule has 0 aliphatic rings. The van der Waals surface area contributed by atoms with E-state index in [1.54, 1.807) is 24.3 Å². The Morgan fingerprint density at radius 3 is 2.55 bits per heavy atom. The highest BCUT2D eigenvalue weighted by Crippen LogP contribution is 2.25. The highest BCUT2D eigenvalue weighted by Gasteiger charge is 2.14. The minimum Gasteiger partial charge on any atom is -0.478 e. The number of nitrogens with zero attached hydrogens (tertiary/aromatic N) is 1. The number of fused-ring (bicyclic) bond motifs is 1. The molecule has 0 spiro atoms. The van der Waals surface area contributed by atoms with Gasteiger partial charge in [-0.05, 0) is 43.3 Å². The van der Waals surface area contributed by atoms with Gasteiger partial charge in [0.1, 0.15) is 11.4 Å². The van der Waals surface area contributed by atoms with Crippen molar-refractivity contribution < 1.29 is 9.90 Å². The van der Waals surface area contributed by atoms with E-state index in [4.69, 9.17) is 5.73 Å². The lowest BCUT2D eigenvalue weighted by Gasteiger charge is -2.11. The van der Waals surface area contributed by atoms with Crippen molar-refractivity contribution in [2.24, 2.45) is 0 Å². The van der Waals surface area contributed by atoms with Crippen LogP contribution in [0.5, 0.6) is 0 Å². The number of nitrogen functional groups attached to an aromatic ring is 1.